The van der Waals surface area contributed by atoms with Gasteiger partial charge in [0.1, 0.15) is 21.9 Å². The van der Waals surface area contributed by atoms with E-state index in [0.29, 0.717) is 30.6 Å². The zero-order valence-corrected chi connectivity index (χ0v) is 14.3. The number of para-hydroxylation sites is 2. The maximum absolute atomic E-state index is 12.6. The number of amides is 1. The number of carbonyl (C=O) groups is 1. The fourth-order valence-corrected chi connectivity index (χ4v) is 3.76. The zero-order chi connectivity index (χ0) is 16.6. The second-order valence-electron chi connectivity index (χ2n) is 6.58. The van der Waals surface area contributed by atoms with Gasteiger partial charge in [0.05, 0.1) is 5.25 Å². The molecule has 6 nitrogen and oxygen atoms in total. The Morgan fingerprint density at radius 2 is 2.13 bits per heavy atom. The van der Waals surface area contributed by atoms with Crippen molar-refractivity contribution in [2.45, 2.75) is 43.3 Å². The van der Waals surface area contributed by atoms with Crippen LogP contribution in [0.3, 0.4) is 0 Å². The molecule has 1 aromatic carbocycles. The zero-order valence-electron chi connectivity index (χ0n) is 13.4. The van der Waals surface area contributed by atoms with E-state index >= 15 is 0 Å². The standard InChI is InChI=1S/C16H20N2O4S/c1-16(2,3)22-15(19)18-9-8-11(10-18)23(20)14-17-12-6-4-5-7-13(12)21-14/h4-7,11H,8-10H2,1-3H3/t11-,23+/m1/s1. The molecule has 1 aliphatic rings. The summed E-state index contributed by atoms with van der Waals surface area (Å²) >= 11 is 0. The number of rotatable bonds is 2. The van der Waals surface area contributed by atoms with Gasteiger partial charge in [0.15, 0.2) is 5.58 Å². The Hall–Kier alpha value is -1.89. The highest BCUT2D eigenvalue weighted by Crippen LogP contribution is 2.24. The molecule has 23 heavy (non-hydrogen) atoms. The molecule has 0 unspecified atom stereocenters. The predicted molar refractivity (Wildman–Crippen MR) is 86.6 cm³/mol. The molecule has 0 radical (unpaired) electrons. The van der Waals surface area contributed by atoms with E-state index in [4.69, 9.17) is 9.15 Å². The molecule has 0 saturated carbocycles. The van der Waals surface area contributed by atoms with Gasteiger partial charge < -0.3 is 14.1 Å². The van der Waals surface area contributed by atoms with Crippen LogP contribution in [0, 0.1) is 0 Å². The molecule has 0 bridgehead atoms. The van der Waals surface area contributed by atoms with Gasteiger partial charge >= 0.3 is 6.09 Å². The lowest BCUT2D eigenvalue weighted by atomic mass is 10.2. The quantitative estimate of drug-likeness (QED) is 0.843. The van der Waals surface area contributed by atoms with Gasteiger partial charge in [-0.05, 0) is 39.3 Å². The lowest BCUT2D eigenvalue weighted by molar-refractivity contribution is 0.0295. The SMILES string of the molecule is CC(C)(C)OC(=O)N1CC[C@@H]([S@](=O)c2nc3ccccc3o2)C1. The van der Waals surface area contributed by atoms with E-state index in [1.54, 1.807) is 11.0 Å². The number of nitrogens with zero attached hydrogens (tertiary/aromatic N) is 2. The van der Waals surface area contributed by atoms with Crippen LogP contribution >= 0.6 is 0 Å². The van der Waals surface area contributed by atoms with Crippen LogP contribution in [0.1, 0.15) is 27.2 Å². The lowest BCUT2D eigenvalue weighted by Crippen LogP contribution is -2.36. The van der Waals surface area contributed by atoms with Crippen LogP contribution in [0.2, 0.25) is 0 Å². The fourth-order valence-electron chi connectivity index (χ4n) is 2.47. The molecule has 1 fully saturated rings. The molecule has 1 amide bonds. The monoisotopic (exact) mass is 336 g/mol. The van der Waals surface area contributed by atoms with Crippen molar-refractivity contribution in [2.75, 3.05) is 13.1 Å². The molecule has 3 rings (SSSR count). The van der Waals surface area contributed by atoms with Gasteiger partial charge in [-0.3, -0.25) is 0 Å². The Labute approximate surface area is 137 Å². The summed E-state index contributed by atoms with van der Waals surface area (Å²) < 4.78 is 23.6. The Bertz CT molecular complexity index is 717. The number of oxazole rings is 1. The Kier molecular flexibility index (Phi) is 4.14. The highest BCUT2D eigenvalue weighted by atomic mass is 32.2. The molecule has 124 valence electrons. The number of carbonyl (C=O) groups excluding carboxylic acids is 1. The summed E-state index contributed by atoms with van der Waals surface area (Å²) in [6, 6.07) is 7.32. The summed E-state index contributed by atoms with van der Waals surface area (Å²) in [4.78, 5) is 18.0. The van der Waals surface area contributed by atoms with Crippen LogP contribution in [-0.4, -0.2) is 44.1 Å². The minimum atomic E-state index is -1.38. The van der Waals surface area contributed by atoms with Crippen molar-refractivity contribution in [2.24, 2.45) is 0 Å². The van der Waals surface area contributed by atoms with Crippen LogP contribution in [0.15, 0.2) is 33.9 Å². The van der Waals surface area contributed by atoms with Gasteiger partial charge in [-0.2, -0.15) is 0 Å². The minimum absolute atomic E-state index is 0.185. The third-order valence-corrected chi connectivity index (χ3v) is 5.05. The summed E-state index contributed by atoms with van der Waals surface area (Å²) in [5.41, 5.74) is 0.782. The molecule has 2 aromatic rings. The van der Waals surface area contributed by atoms with E-state index in [2.05, 4.69) is 4.98 Å². The second kappa shape index (κ2) is 5.96. The second-order valence-corrected chi connectivity index (χ2v) is 8.19. The number of hydrogen-bond acceptors (Lipinski definition) is 5. The van der Waals surface area contributed by atoms with E-state index < -0.39 is 16.4 Å². The molecule has 2 atom stereocenters. The van der Waals surface area contributed by atoms with E-state index in [1.807, 2.05) is 39.0 Å². The van der Waals surface area contributed by atoms with E-state index in [1.165, 1.54) is 0 Å². The van der Waals surface area contributed by atoms with Crippen molar-refractivity contribution in [3.8, 4) is 0 Å². The van der Waals surface area contributed by atoms with Crippen LogP contribution < -0.4 is 0 Å². The molecule has 1 saturated heterocycles. The average molecular weight is 336 g/mol. The molecule has 1 aromatic heterocycles. The number of fused-ring (bicyclic) bond motifs is 1. The molecular weight excluding hydrogens is 316 g/mol. The van der Waals surface area contributed by atoms with Gasteiger partial charge in [-0.15, -0.1) is 0 Å². The molecule has 2 heterocycles. The smallest absolute Gasteiger partial charge is 0.410 e. The summed E-state index contributed by atoms with van der Waals surface area (Å²) in [5, 5.41) is 0.0396. The predicted octanol–water partition coefficient (Wildman–Crippen LogP) is 2.94. The number of hydrogen-bond donors (Lipinski definition) is 0. The first kappa shape index (κ1) is 16.0. The Morgan fingerprint density at radius 3 is 2.83 bits per heavy atom. The third-order valence-electron chi connectivity index (χ3n) is 3.55. The largest absolute Gasteiger partial charge is 0.444 e. The summed E-state index contributed by atoms with van der Waals surface area (Å²) in [6.45, 7) is 6.41. The van der Waals surface area contributed by atoms with Crippen LogP contribution in [0.5, 0.6) is 0 Å². The Morgan fingerprint density at radius 1 is 1.39 bits per heavy atom. The first-order valence-electron chi connectivity index (χ1n) is 7.57. The van der Waals surface area contributed by atoms with Crippen LogP contribution in [0.25, 0.3) is 11.1 Å². The van der Waals surface area contributed by atoms with Gasteiger partial charge in [0, 0.05) is 13.1 Å². The maximum atomic E-state index is 12.6. The molecule has 7 heteroatoms. The van der Waals surface area contributed by atoms with E-state index in [-0.39, 0.29) is 16.6 Å². The first-order valence-corrected chi connectivity index (χ1v) is 8.79. The molecule has 0 N–H and O–H groups in total. The van der Waals surface area contributed by atoms with E-state index in [9.17, 15) is 9.00 Å². The van der Waals surface area contributed by atoms with Crippen molar-refractivity contribution in [3.63, 3.8) is 0 Å². The summed E-state index contributed by atoms with van der Waals surface area (Å²) in [6.07, 6.45) is 0.277. The Balaban J connectivity index is 1.68. The van der Waals surface area contributed by atoms with Gasteiger partial charge in [0.2, 0.25) is 0 Å². The number of ether oxygens (including phenoxy) is 1. The first-order chi connectivity index (χ1) is 10.8. The lowest BCUT2D eigenvalue weighted by Gasteiger charge is -2.24. The van der Waals surface area contributed by atoms with Crippen molar-refractivity contribution in [1.29, 1.82) is 0 Å². The molecule has 1 aliphatic heterocycles. The highest BCUT2D eigenvalue weighted by Gasteiger charge is 2.34. The fraction of sp³-hybridized carbons (Fsp3) is 0.500. The maximum Gasteiger partial charge on any atom is 0.410 e. The van der Waals surface area contributed by atoms with E-state index in [0.717, 1.165) is 0 Å². The van der Waals surface area contributed by atoms with Gasteiger partial charge in [-0.1, -0.05) is 12.1 Å². The third kappa shape index (κ3) is 3.55. The van der Waals surface area contributed by atoms with Gasteiger partial charge in [-0.25, -0.2) is 14.0 Å². The average Bonchev–Trinajstić information content (AvgIpc) is 3.11. The van der Waals surface area contributed by atoms with Crippen molar-refractivity contribution in [3.05, 3.63) is 24.3 Å². The van der Waals surface area contributed by atoms with Crippen molar-refractivity contribution >= 4 is 28.0 Å². The number of aromatic nitrogens is 1. The van der Waals surface area contributed by atoms with Crippen molar-refractivity contribution < 1.29 is 18.2 Å². The topological polar surface area (TPSA) is 72.6 Å². The van der Waals surface area contributed by atoms with Crippen molar-refractivity contribution in [1.82, 2.24) is 9.88 Å². The normalized spacial score (nSPS) is 20.0. The number of benzene rings is 1. The molecule has 0 spiro atoms. The molecule has 0 aliphatic carbocycles. The highest BCUT2D eigenvalue weighted by molar-refractivity contribution is 7.85. The summed E-state index contributed by atoms with van der Waals surface area (Å²) in [5.74, 6) is 0. The minimum Gasteiger partial charge on any atom is -0.444 e. The van der Waals surface area contributed by atoms with Crippen LogP contribution in [0.4, 0.5) is 4.79 Å². The number of likely N-dealkylation sites (tertiary alicyclic amines) is 1. The summed E-state index contributed by atoms with van der Waals surface area (Å²) in [7, 11) is -1.38. The van der Waals surface area contributed by atoms with Gasteiger partial charge in [0.25, 0.3) is 5.22 Å². The van der Waals surface area contributed by atoms with Crippen LogP contribution in [-0.2, 0) is 15.5 Å². The molecular formula is C16H20N2O4S.